The van der Waals surface area contributed by atoms with Crippen molar-refractivity contribution in [3.63, 3.8) is 0 Å². The zero-order valence-electron chi connectivity index (χ0n) is 17.8. The molecular weight excluding hydrogens is 378 g/mol. The molecule has 8 nitrogen and oxygen atoms in total. The summed E-state index contributed by atoms with van der Waals surface area (Å²) < 4.78 is 10.9. The minimum Gasteiger partial charge on any atom is -0.496 e. The van der Waals surface area contributed by atoms with Crippen LogP contribution >= 0.6 is 0 Å². The molecule has 0 aliphatic rings. The minimum absolute atomic E-state index is 0.323. The summed E-state index contributed by atoms with van der Waals surface area (Å²) in [6.07, 6.45) is 3.15. The summed E-state index contributed by atoms with van der Waals surface area (Å²) in [6, 6.07) is 8.20. The fourth-order valence-electron chi connectivity index (χ4n) is 2.46. The van der Waals surface area contributed by atoms with Crippen LogP contribution < -0.4 is 10.1 Å². The largest absolute Gasteiger partial charge is 0.496 e. The number of aliphatic carboxylic acids is 2. The zero-order chi connectivity index (χ0) is 22.2. The van der Waals surface area contributed by atoms with Gasteiger partial charge in [-0.05, 0) is 25.3 Å². The SMILES string of the molecule is COc1ccccc1COCC(O)CNC(C)CCCC(C)C.O=C(O)C(=O)O. The Morgan fingerprint density at radius 2 is 1.69 bits per heavy atom. The first-order valence-electron chi connectivity index (χ1n) is 9.74. The highest BCUT2D eigenvalue weighted by atomic mass is 16.5. The summed E-state index contributed by atoms with van der Waals surface area (Å²) in [6.45, 7) is 8.01. The summed E-state index contributed by atoms with van der Waals surface area (Å²) >= 11 is 0. The van der Waals surface area contributed by atoms with Gasteiger partial charge >= 0.3 is 11.9 Å². The van der Waals surface area contributed by atoms with Gasteiger partial charge in [0, 0.05) is 18.2 Å². The summed E-state index contributed by atoms with van der Waals surface area (Å²) in [4.78, 5) is 18.2. The van der Waals surface area contributed by atoms with Crippen LogP contribution in [-0.4, -0.2) is 59.7 Å². The number of para-hydroxylation sites is 1. The van der Waals surface area contributed by atoms with Crippen molar-refractivity contribution in [3.05, 3.63) is 29.8 Å². The van der Waals surface area contributed by atoms with Gasteiger partial charge < -0.3 is 30.1 Å². The van der Waals surface area contributed by atoms with Gasteiger partial charge in [0.1, 0.15) is 5.75 Å². The van der Waals surface area contributed by atoms with Crippen molar-refractivity contribution < 1.29 is 34.4 Å². The summed E-state index contributed by atoms with van der Waals surface area (Å²) in [7, 11) is 1.65. The van der Waals surface area contributed by atoms with Crippen LogP contribution in [-0.2, 0) is 20.9 Å². The maximum Gasteiger partial charge on any atom is 0.414 e. The Morgan fingerprint density at radius 3 is 2.24 bits per heavy atom. The van der Waals surface area contributed by atoms with E-state index in [2.05, 4.69) is 26.1 Å². The predicted octanol–water partition coefficient (Wildman–Crippen LogP) is 2.53. The maximum atomic E-state index is 10.00. The van der Waals surface area contributed by atoms with Crippen molar-refractivity contribution in [2.75, 3.05) is 20.3 Å². The molecule has 0 radical (unpaired) electrons. The Morgan fingerprint density at radius 1 is 1.07 bits per heavy atom. The van der Waals surface area contributed by atoms with E-state index in [1.807, 2.05) is 24.3 Å². The lowest BCUT2D eigenvalue weighted by Gasteiger charge is -2.18. The summed E-state index contributed by atoms with van der Waals surface area (Å²) in [5.41, 5.74) is 0.997. The van der Waals surface area contributed by atoms with Crippen LogP contribution in [0.15, 0.2) is 24.3 Å². The van der Waals surface area contributed by atoms with Crippen molar-refractivity contribution in [1.29, 1.82) is 0 Å². The first kappa shape index (κ1) is 26.8. The second-order valence-corrected chi connectivity index (χ2v) is 7.23. The van der Waals surface area contributed by atoms with Gasteiger partial charge in [0.2, 0.25) is 0 Å². The van der Waals surface area contributed by atoms with Gasteiger partial charge in [0.25, 0.3) is 0 Å². The Balaban J connectivity index is 0.00000113. The number of aliphatic hydroxyl groups excluding tert-OH is 1. The van der Waals surface area contributed by atoms with Gasteiger partial charge in [0.05, 0.1) is 26.4 Å². The number of methoxy groups -OCH3 is 1. The van der Waals surface area contributed by atoms with Gasteiger partial charge in [-0.1, -0.05) is 44.9 Å². The molecule has 0 aliphatic heterocycles. The van der Waals surface area contributed by atoms with Crippen molar-refractivity contribution in [3.8, 4) is 5.75 Å². The highest BCUT2D eigenvalue weighted by Crippen LogP contribution is 2.18. The lowest BCUT2D eigenvalue weighted by molar-refractivity contribution is -0.159. The summed E-state index contributed by atoms with van der Waals surface area (Å²) in [5.74, 6) is -2.07. The lowest BCUT2D eigenvalue weighted by Crippen LogP contribution is -2.36. The molecule has 1 aromatic rings. The third-order valence-corrected chi connectivity index (χ3v) is 4.06. The van der Waals surface area contributed by atoms with Crippen LogP contribution in [0, 0.1) is 5.92 Å². The molecule has 0 saturated carbocycles. The fraction of sp³-hybridized carbons (Fsp3) is 0.619. The van der Waals surface area contributed by atoms with Crippen molar-refractivity contribution >= 4 is 11.9 Å². The molecule has 0 heterocycles. The number of benzene rings is 1. The number of nitrogens with one attached hydrogen (secondary N) is 1. The van der Waals surface area contributed by atoms with Crippen molar-refractivity contribution in [1.82, 2.24) is 5.32 Å². The molecule has 0 aliphatic carbocycles. The van der Waals surface area contributed by atoms with E-state index in [0.29, 0.717) is 25.8 Å². The number of rotatable bonds is 12. The van der Waals surface area contributed by atoms with Crippen LogP contribution in [0.2, 0.25) is 0 Å². The lowest BCUT2D eigenvalue weighted by atomic mass is 10.0. The Bertz CT molecular complexity index is 580. The normalized spacial score (nSPS) is 12.6. The number of hydrogen-bond donors (Lipinski definition) is 4. The first-order chi connectivity index (χ1) is 13.7. The van der Waals surface area contributed by atoms with Crippen LogP contribution in [0.5, 0.6) is 5.75 Å². The van der Waals surface area contributed by atoms with E-state index in [1.165, 1.54) is 12.8 Å². The molecule has 0 amide bonds. The molecule has 2 unspecified atom stereocenters. The molecule has 0 saturated heterocycles. The second kappa shape index (κ2) is 15.7. The monoisotopic (exact) mass is 413 g/mol. The molecule has 0 fully saturated rings. The Labute approximate surface area is 172 Å². The number of hydrogen-bond acceptors (Lipinski definition) is 6. The van der Waals surface area contributed by atoms with Crippen molar-refractivity contribution in [2.24, 2.45) is 5.92 Å². The Hall–Kier alpha value is -2.16. The van der Waals surface area contributed by atoms with E-state index in [9.17, 15) is 5.11 Å². The average Bonchev–Trinajstić information content (AvgIpc) is 2.67. The number of carboxylic acid groups (broad SMARTS) is 2. The first-order valence-corrected chi connectivity index (χ1v) is 9.74. The average molecular weight is 414 g/mol. The predicted molar refractivity (Wildman–Crippen MR) is 110 cm³/mol. The third-order valence-electron chi connectivity index (χ3n) is 4.06. The number of carbonyl (C=O) groups is 2. The molecule has 2 atom stereocenters. The van der Waals surface area contributed by atoms with Gasteiger partial charge in [-0.2, -0.15) is 0 Å². The highest BCUT2D eigenvalue weighted by molar-refractivity contribution is 6.27. The van der Waals surface area contributed by atoms with Gasteiger partial charge in [-0.25, -0.2) is 9.59 Å². The van der Waals surface area contributed by atoms with Gasteiger partial charge in [-0.15, -0.1) is 0 Å². The zero-order valence-corrected chi connectivity index (χ0v) is 17.8. The van der Waals surface area contributed by atoms with E-state index in [1.54, 1.807) is 7.11 Å². The van der Waals surface area contributed by atoms with Gasteiger partial charge in [-0.3, -0.25) is 0 Å². The Kier molecular flexibility index (Phi) is 14.6. The summed E-state index contributed by atoms with van der Waals surface area (Å²) in [5, 5.41) is 28.2. The second-order valence-electron chi connectivity index (χ2n) is 7.23. The van der Waals surface area contributed by atoms with Crippen LogP contribution in [0.1, 0.15) is 45.6 Å². The topological polar surface area (TPSA) is 125 Å². The highest BCUT2D eigenvalue weighted by Gasteiger charge is 2.09. The molecule has 0 aromatic heterocycles. The molecule has 0 spiro atoms. The van der Waals surface area contributed by atoms with E-state index < -0.39 is 18.0 Å². The van der Waals surface area contributed by atoms with E-state index in [0.717, 1.165) is 23.7 Å². The minimum atomic E-state index is -1.82. The van der Waals surface area contributed by atoms with Crippen molar-refractivity contribution in [2.45, 2.75) is 58.8 Å². The molecule has 8 heteroatoms. The molecular formula is C21H35NO7. The smallest absolute Gasteiger partial charge is 0.414 e. The molecule has 166 valence electrons. The third kappa shape index (κ3) is 14.5. The molecule has 4 N–H and O–H groups in total. The van der Waals surface area contributed by atoms with Crippen LogP contribution in [0.3, 0.4) is 0 Å². The van der Waals surface area contributed by atoms with Gasteiger partial charge in [0.15, 0.2) is 0 Å². The standard InChI is InChI=1S/C19H33NO3.C2H2O4/c1-15(2)8-7-9-16(3)20-12-18(21)14-23-13-17-10-5-6-11-19(17)22-4;3-1(4)2(5)6/h5-6,10-11,15-16,18,20-21H,7-9,12-14H2,1-4H3;(H,3,4)(H,5,6). The van der Waals surface area contributed by atoms with E-state index >= 15 is 0 Å². The molecule has 29 heavy (non-hydrogen) atoms. The van der Waals surface area contributed by atoms with E-state index in [-0.39, 0.29) is 0 Å². The number of carboxylic acids is 2. The van der Waals surface area contributed by atoms with Crippen LogP contribution in [0.4, 0.5) is 0 Å². The quantitative estimate of drug-likeness (QED) is 0.385. The molecule has 0 bridgehead atoms. The number of aliphatic hydroxyl groups is 1. The van der Waals surface area contributed by atoms with E-state index in [4.69, 9.17) is 29.3 Å². The number of ether oxygens (including phenoxy) is 2. The molecule has 1 rings (SSSR count). The maximum absolute atomic E-state index is 10.00. The fourth-order valence-corrected chi connectivity index (χ4v) is 2.46. The van der Waals surface area contributed by atoms with Crippen LogP contribution in [0.25, 0.3) is 0 Å². The molecule has 1 aromatic carbocycles.